The summed E-state index contributed by atoms with van der Waals surface area (Å²) in [5.74, 6) is -1.52. The zero-order valence-electron chi connectivity index (χ0n) is 11.2. The van der Waals surface area contributed by atoms with E-state index in [1.54, 1.807) is 6.92 Å². The SMILES string of the molecule is Cc1ccc([N+](=O)[O-])cc1C(=O)NC1CCC(=O)NC1=O. The maximum Gasteiger partial charge on any atom is 0.270 e. The van der Waals surface area contributed by atoms with Crippen LogP contribution in [0.25, 0.3) is 0 Å². The summed E-state index contributed by atoms with van der Waals surface area (Å²) >= 11 is 0. The van der Waals surface area contributed by atoms with E-state index in [4.69, 9.17) is 0 Å². The number of nitrogens with zero attached hydrogens (tertiary/aromatic N) is 1. The Morgan fingerprint density at radius 2 is 2.14 bits per heavy atom. The number of piperidine rings is 1. The average molecular weight is 291 g/mol. The second kappa shape index (κ2) is 5.70. The van der Waals surface area contributed by atoms with Crippen molar-refractivity contribution in [2.45, 2.75) is 25.8 Å². The van der Waals surface area contributed by atoms with Crippen molar-refractivity contribution in [3.63, 3.8) is 0 Å². The minimum atomic E-state index is -0.811. The average Bonchev–Trinajstić information content (AvgIpc) is 2.42. The van der Waals surface area contributed by atoms with E-state index in [-0.39, 0.29) is 30.0 Å². The van der Waals surface area contributed by atoms with Crippen molar-refractivity contribution in [1.82, 2.24) is 10.6 Å². The molecule has 110 valence electrons. The van der Waals surface area contributed by atoms with Crippen molar-refractivity contribution in [3.05, 3.63) is 39.4 Å². The minimum Gasteiger partial charge on any atom is -0.340 e. The Morgan fingerprint density at radius 3 is 2.76 bits per heavy atom. The fraction of sp³-hybridized carbons (Fsp3) is 0.308. The fourth-order valence-corrected chi connectivity index (χ4v) is 2.04. The van der Waals surface area contributed by atoms with E-state index < -0.39 is 22.8 Å². The molecule has 21 heavy (non-hydrogen) atoms. The van der Waals surface area contributed by atoms with E-state index in [2.05, 4.69) is 10.6 Å². The number of imide groups is 1. The summed E-state index contributed by atoms with van der Waals surface area (Å²) in [5.41, 5.74) is 0.494. The first-order valence-corrected chi connectivity index (χ1v) is 6.28. The molecule has 0 aromatic heterocycles. The highest BCUT2D eigenvalue weighted by molar-refractivity contribution is 6.04. The number of aryl methyl sites for hydroxylation is 1. The molecule has 1 aromatic carbocycles. The number of nitro benzene ring substituents is 1. The number of rotatable bonds is 3. The summed E-state index contributed by atoms with van der Waals surface area (Å²) in [6, 6.07) is 3.13. The van der Waals surface area contributed by atoms with Crippen molar-refractivity contribution in [1.29, 1.82) is 0 Å². The van der Waals surface area contributed by atoms with Crippen LogP contribution in [0.3, 0.4) is 0 Å². The van der Waals surface area contributed by atoms with Crippen molar-refractivity contribution in [2.75, 3.05) is 0 Å². The number of nitrogens with one attached hydrogen (secondary N) is 2. The van der Waals surface area contributed by atoms with Crippen LogP contribution in [0.1, 0.15) is 28.8 Å². The van der Waals surface area contributed by atoms with Crippen LogP contribution in [0.5, 0.6) is 0 Å². The third-order valence-electron chi connectivity index (χ3n) is 3.22. The molecule has 1 aliphatic rings. The third kappa shape index (κ3) is 3.22. The predicted molar refractivity (Wildman–Crippen MR) is 71.5 cm³/mol. The van der Waals surface area contributed by atoms with E-state index >= 15 is 0 Å². The van der Waals surface area contributed by atoms with Gasteiger partial charge in [0.1, 0.15) is 6.04 Å². The lowest BCUT2D eigenvalue weighted by Crippen LogP contribution is -2.52. The molecule has 8 nitrogen and oxygen atoms in total. The van der Waals surface area contributed by atoms with Crippen molar-refractivity contribution < 1.29 is 19.3 Å². The van der Waals surface area contributed by atoms with E-state index in [0.29, 0.717) is 5.56 Å². The number of nitro groups is 1. The Hall–Kier alpha value is -2.77. The number of hydrogen-bond acceptors (Lipinski definition) is 5. The maximum absolute atomic E-state index is 12.1. The van der Waals surface area contributed by atoms with E-state index in [1.807, 2.05) is 0 Å². The topological polar surface area (TPSA) is 118 Å². The van der Waals surface area contributed by atoms with Crippen LogP contribution in [0.15, 0.2) is 18.2 Å². The normalized spacial score (nSPS) is 18.0. The van der Waals surface area contributed by atoms with Crippen LogP contribution in [0.2, 0.25) is 0 Å². The zero-order valence-corrected chi connectivity index (χ0v) is 11.2. The second-order valence-corrected chi connectivity index (χ2v) is 4.73. The van der Waals surface area contributed by atoms with Gasteiger partial charge in [-0.15, -0.1) is 0 Å². The number of hydrogen-bond donors (Lipinski definition) is 2. The lowest BCUT2D eigenvalue weighted by Gasteiger charge is -2.22. The highest BCUT2D eigenvalue weighted by atomic mass is 16.6. The highest BCUT2D eigenvalue weighted by Gasteiger charge is 2.28. The van der Waals surface area contributed by atoms with Gasteiger partial charge in [0.2, 0.25) is 11.8 Å². The summed E-state index contributed by atoms with van der Waals surface area (Å²) in [6.07, 6.45) is 0.356. The van der Waals surface area contributed by atoms with Gasteiger partial charge in [-0.1, -0.05) is 6.07 Å². The third-order valence-corrected chi connectivity index (χ3v) is 3.22. The van der Waals surface area contributed by atoms with Crippen molar-refractivity contribution in [3.8, 4) is 0 Å². The standard InChI is InChI=1S/C13H13N3O5/c1-7-2-3-8(16(20)21)6-9(7)12(18)14-10-4-5-11(17)15-13(10)19/h2-3,6,10H,4-5H2,1H3,(H,14,18)(H,15,17,19). The van der Waals surface area contributed by atoms with Gasteiger partial charge >= 0.3 is 0 Å². The quantitative estimate of drug-likeness (QED) is 0.476. The molecule has 1 heterocycles. The molecular weight excluding hydrogens is 278 g/mol. The molecule has 1 aromatic rings. The molecular formula is C13H13N3O5. The van der Waals surface area contributed by atoms with Gasteiger partial charge in [-0.3, -0.25) is 29.8 Å². The molecule has 1 unspecified atom stereocenters. The Balaban J connectivity index is 2.17. The molecule has 1 fully saturated rings. The molecule has 0 radical (unpaired) electrons. The van der Waals surface area contributed by atoms with Crippen molar-refractivity contribution in [2.24, 2.45) is 0 Å². The minimum absolute atomic E-state index is 0.133. The zero-order chi connectivity index (χ0) is 15.6. The second-order valence-electron chi connectivity index (χ2n) is 4.73. The first-order chi connectivity index (χ1) is 9.88. The van der Waals surface area contributed by atoms with Crippen LogP contribution >= 0.6 is 0 Å². The van der Waals surface area contributed by atoms with Gasteiger partial charge in [0.15, 0.2) is 0 Å². The molecule has 1 aliphatic heterocycles. The summed E-state index contributed by atoms with van der Waals surface area (Å²) in [6.45, 7) is 1.64. The van der Waals surface area contributed by atoms with Gasteiger partial charge < -0.3 is 5.32 Å². The first kappa shape index (κ1) is 14.6. The van der Waals surface area contributed by atoms with E-state index in [0.717, 1.165) is 6.07 Å². The molecule has 1 atom stereocenters. The molecule has 8 heteroatoms. The lowest BCUT2D eigenvalue weighted by atomic mass is 10.0. The Labute approximate surface area is 119 Å². The van der Waals surface area contributed by atoms with Crippen molar-refractivity contribution >= 4 is 23.4 Å². The molecule has 0 aliphatic carbocycles. The molecule has 2 N–H and O–H groups in total. The van der Waals surface area contributed by atoms with Gasteiger partial charge in [-0.05, 0) is 18.9 Å². The number of carbonyl (C=O) groups is 3. The van der Waals surface area contributed by atoms with Gasteiger partial charge in [0.25, 0.3) is 11.6 Å². The maximum atomic E-state index is 12.1. The van der Waals surface area contributed by atoms with E-state index in [9.17, 15) is 24.5 Å². The van der Waals surface area contributed by atoms with Gasteiger partial charge in [-0.2, -0.15) is 0 Å². The molecule has 2 rings (SSSR count). The fourth-order valence-electron chi connectivity index (χ4n) is 2.04. The Kier molecular flexibility index (Phi) is 3.97. The van der Waals surface area contributed by atoms with Crippen LogP contribution in [-0.4, -0.2) is 28.7 Å². The largest absolute Gasteiger partial charge is 0.340 e. The number of non-ortho nitro benzene ring substituents is 1. The van der Waals surface area contributed by atoms with Crippen LogP contribution in [0.4, 0.5) is 5.69 Å². The van der Waals surface area contributed by atoms with Crippen LogP contribution in [-0.2, 0) is 9.59 Å². The smallest absolute Gasteiger partial charge is 0.270 e. The van der Waals surface area contributed by atoms with Gasteiger partial charge in [0.05, 0.1) is 4.92 Å². The Bertz CT molecular complexity index is 641. The van der Waals surface area contributed by atoms with Crippen LogP contribution in [0, 0.1) is 17.0 Å². The number of carbonyl (C=O) groups excluding carboxylic acids is 3. The summed E-state index contributed by atoms with van der Waals surface area (Å²) in [7, 11) is 0. The summed E-state index contributed by atoms with van der Waals surface area (Å²) in [5, 5.41) is 15.4. The number of amides is 3. The molecule has 0 saturated carbocycles. The lowest BCUT2D eigenvalue weighted by molar-refractivity contribution is -0.384. The number of benzene rings is 1. The Morgan fingerprint density at radius 1 is 1.43 bits per heavy atom. The molecule has 0 spiro atoms. The van der Waals surface area contributed by atoms with Crippen LogP contribution < -0.4 is 10.6 Å². The first-order valence-electron chi connectivity index (χ1n) is 6.28. The van der Waals surface area contributed by atoms with Gasteiger partial charge in [-0.25, -0.2) is 0 Å². The monoisotopic (exact) mass is 291 g/mol. The summed E-state index contributed by atoms with van der Waals surface area (Å²) < 4.78 is 0. The summed E-state index contributed by atoms with van der Waals surface area (Å²) in [4.78, 5) is 44.9. The predicted octanol–water partition coefficient (Wildman–Crippen LogP) is 0.438. The highest BCUT2D eigenvalue weighted by Crippen LogP contribution is 2.18. The molecule has 1 saturated heterocycles. The molecule has 0 bridgehead atoms. The van der Waals surface area contributed by atoms with E-state index in [1.165, 1.54) is 12.1 Å². The molecule has 3 amide bonds. The van der Waals surface area contributed by atoms with Gasteiger partial charge in [0, 0.05) is 24.1 Å².